The molecule has 0 saturated carbocycles. The number of nitrogens with two attached hydrogens (primary N) is 1. The highest BCUT2D eigenvalue weighted by atomic mass is 35.5. The maximum Gasteiger partial charge on any atom is 0.222 e. The highest BCUT2D eigenvalue weighted by molar-refractivity contribution is 6.30. The lowest BCUT2D eigenvalue weighted by Gasteiger charge is -2.33. The van der Waals surface area contributed by atoms with Crippen molar-refractivity contribution in [3.63, 3.8) is 0 Å². The fourth-order valence-corrected chi connectivity index (χ4v) is 2.50. The number of halogens is 1. The Bertz CT molecular complexity index is 451. The van der Waals surface area contributed by atoms with Gasteiger partial charge in [-0.3, -0.25) is 4.79 Å². The van der Waals surface area contributed by atoms with Gasteiger partial charge in [0.1, 0.15) is 5.75 Å². The Morgan fingerprint density at radius 3 is 3.00 bits per heavy atom. The van der Waals surface area contributed by atoms with E-state index < -0.39 is 0 Å². The van der Waals surface area contributed by atoms with Gasteiger partial charge in [-0.2, -0.15) is 0 Å². The van der Waals surface area contributed by atoms with Crippen molar-refractivity contribution in [2.45, 2.75) is 12.8 Å². The number of ether oxygens (including phenoxy) is 1. The second kappa shape index (κ2) is 5.48. The van der Waals surface area contributed by atoms with E-state index in [9.17, 15) is 4.79 Å². The molecule has 1 aliphatic heterocycles. The minimum Gasteiger partial charge on any atom is -0.495 e. The van der Waals surface area contributed by atoms with Crippen LogP contribution in [0.15, 0.2) is 18.2 Å². The molecule has 1 aromatic carbocycles. The monoisotopic (exact) mass is 268 g/mol. The van der Waals surface area contributed by atoms with Crippen molar-refractivity contribution >= 4 is 23.2 Å². The highest BCUT2D eigenvalue weighted by Crippen LogP contribution is 2.33. The average molecular weight is 269 g/mol. The molecule has 1 amide bonds. The molecule has 1 unspecified atom stereocenters. The molecule has 0 aliphatic carbocycles. The molecule has 1 atom stereocenters. The summed E-state index contributed by atoms with van der Waals surface area (Å²) in [5.41, 5.74) is 6.31. The summed E-state index contributed by atoms with van der Waals surface area (Å²) in [6.45, 7) is 1.52. The molecule has 5 heteroatoms. The molecule has 1 heterocycles. The molecule has 2 rings (SSSR count). The molecule has 0 aromatic heterocycles. The van der Waals surface area contributed by atoms with Crippen LogP contribution >= 0.6 is 11.6 Å². The SMILES string of the molecule is COc1ccc(Cl)cc1N1CCCC(C(N)=O)C1. The van der Waals surface area contributed by atoms with Crippen LogP contribution in [0.1, 0.15) is 12.8 Å². The molecule has 98 valence electrons. The van der Waals surface area contributed by atoms with Gasteiger partial charge in [0.05, 0.1) is 18.7 Å². The van der Waals surface area contributed by atoms with Crippen LogP contribution in [0.25, 0.3) is 0 Å². The summed E-state index contributed by atoms with van der Waals surface area (Å²) in [5, 5.41) is 0.659. The minimum atomic E-state index is -0.235. The van der Waals surface area contributed by atoms with Crippen LogP contribution in [0.3, 0.4) is 0 Å². The maximum atomic E-state index is 11.3. The van der Waals surface area contributed by atoms with E-state index in [-0.39, 0.29) is 11.8 Å². The predicted octanol–water partition coefficient (Wildman–Crippen LogP) is 2.05. The number of amides is 1. The standard InChI is InChI=1S/C13H17ClN2O2/c1-18-12-5-4-10(14)7-11(12)16-6-2-3-9(8-16)13(15)17/h4-5,7,9H,2-3,6,8H2,1H3,(H2,15,17). The number of hydrogen-bond donors (Lipinski definition) is 1. The van der Waals surface area contributed by atoms with Crippen molar-refractivity contribution in [3.8, 4) is 5.75 Å². The number of primary amides is 1. The predicted molar refractivity (Wildman–Crippen MR) is 72.1 cm³/mol. The van der Waals surface area contributed by atoms with Gasteiger partial charge >= 0.3 is 0 Å². The lowest BCUT2D eigenvalue weighted by atomic mass is 9.97. The van der Waals surface area contributed by atoms with E-state index in [1.807, 2.05) is 12.1 Å². The van der Waals surface area contributed by atoms with Crippen LogP contribution in [0.2, 0.25) is 5.02 Å². The molecule has 0 radical (unpaired) electrons. The van der Waals surface area contributed by atoms with Crippen molar-refractivity contribution in [2.24, 2.45) is 11.7 Å². The van der Waals surface area contributed by atoms with Gasteiger partial charge in [0, 0.05) is 18.1 Å². The molecular weight excluding hydrogens is 252 g/mol. The number of nitrogens with zero attached hydrogens (tertiary/aromatic N) is 1. The molecule has 0 bridgehead atoms. The summed E-state index contributed by atoms with van der Waals surface area (Å²) in [6, 6.07) is 5.49. The summed E-state index contributed by atoms with van der Waals surface area (Å²) in [4.78, 5) is 13.4. The third-order valence-corrected chi connectivity index (χ3v) is 3.54. The fourth-order valence-electron chi connectivity index (χ4n) is 2.34. The zero-order valence-corrected chi connectivity index (χ0v) is 11.1. The van der Waals surface area contributed by atoms with Gasteiger partial charge in [0.2, 0.25) is 5.91 Å². The molecule has 0 spiro atoms. The van der Waals surface area contributed by atoms with E-state index in [1.165, 1.54) is 0 Å². The maximum absolute atomic E-state index is 11.3. The number of methoxy groups -OCH3 is 1. The molecule has 4 nitrogen and oxygen atoms in total. The number of anilines is 1. The third-order valence-electron chi connectivity index (χ3n) is 3.31. The number of rotatable bonds is 3. The summed E-state index contributed by atoms with van der Waals surface area (Å²) in [7, 11) is 1.63. The Kier molecular flexibility index (Phi) is 3.97. The Balaban J connectivity index is 2.25. The molecule has 1 aromatic rings. The van der Waals surface area contributed by atoms with Crippen LogP contribution in [0, 0.1) is 5.92 Å². The third kappa shape index (κ3) is 2.70. The normalized spacial score (nSPS) is 19.7. The summed E-state index contributed by atoms with van der Waals surface area (Å²) < 4.78 is 5.33. The van der Waals surface area contributed by atoms with E-state index in [1.54, 1.807) is 13.2 Å². The first-order valence-corrected chi connectivity index (χ1v) is 6.37. The van der Waals surface area contributed by atoms with Gasteiger partial charge in [-0.15, -0.1) is 0 Å². The van der Waals surface area contributed by atoms with Crippen molar-refractivity contribution < 1.29 is 9.53 Å². The Morgan fingerprint density at radius 2 is 2.33 bits per heavy atom. The molecule has 1 saturated heterocycles. The molecule has 2 N–H and O–H groups in total. The lowest BCUT2D eigenvalue weighted by Crippen LogP contribution is -2.41. The van der Waals surface area contributed by atoms with Gasteiger partial charge < -0.3 is 15.4 Å². The van der Waals surface area contributed by atoms with Crippen LogP contribution in [-0.4, -0.2) is 26.1 Å². The van der Waals surface area contributed by atoms with Crippen molar-refractivity contribution in [1.29, 1.82) is 0 Å². The van der Waals surface area contributed by atoms with E-state index in [0.717, 1.165) is 30.8 Å². The zero-order chi connectivity index (χ0) is 13.1. The first-order chi connectivity index (χ1) is 8.61. The van der Waals surface area contributed by atoms with E-state index >= 15 is 0 Å². The Hall–Kier alpha value is -1.42. The minimum absolute atomic E-state index is 0.0950. The second-order valence-electron chi connectivity index (χ2n) is 4.50. The lowest BCUT2D eigenvalue weighted by molar-refractivity contribution is -0.122. The molecular formula is C13H17ClN2O2. The van der Waals surface area contributed by atoms with Crippen molar-refractivity contribution in [2.75, 3.05) is 25.1 Å². The van der Waals surface area contributed by atoms with Gasteiger partial charge in [-0.1, -0.05) is 11.6 Å². The van der Waals surface area contributed by atoms with Gasteiger partial charge in [-0.25, -0.2) is 0 Å². The van der Waals surface area contributed by atoms with Crippen molar-refractivity contribution in [3.05, 3.63) is 23.2 Å². The summed E-state index contributed by atoms with van der Waals surface area (Å²) in [6.07, 6.45) is 1.80. The first kappa shape index (κ1) is 13.0. The summed E-state index contributed by atoms with van der Waals surface area (Å²) >= 11 is 6.02. The molecule has 18 heavy (non-hydrogen) atoms. The quantitative estimate of drug-likeness (QED) is 0.913. The van der Waals surface area contributed by atoms with E-state index in [0.29, 0.717) is 11.6 Å². The van der Waals surface area contributed by atoms with Crippen LogP contribution in [-0.2, 0) is 4.79 Å². The Morgan fingerprint density at radius 1 is 1.56 bits per heavy atom. The largest absolute Gasteiger partial charge is 0.495 e. The number of benzene rings is 1. The van der Waals surface area contributed by atoms with Crippen LogP contribution in [0.5, 0.6) is 5.75 Å². The smallest absolute Gasteiger partial charge is 0.222 e. The molecule has 1 fully saturated rings. The van der Waals surface area contributed by atoms with E-state index in [2.05, 4.69) is 4.90 Å². The van der Waals surface area contributed by atoms with Gasteiger partial charge in [-0.05, 0) is 31.0 Å². The zero-order valence-electron chi connectivity index (χ0n) is 10.4. The number of piperidine rings is 1. The number of carbonyl (C=O) groups excluding carboxylic acids is 1. The van der Waals surface area contributed by atoms with Crippen molar-refractivity contribution in [1.82, 2.24) is 0 Å². The average Bonchev–Trinajstić information content (AvgIpc) is 2.39. The topological polar surface area (TPSA) is 55.6 Å². The molecule has 1 aliphatic rings. The summed E-state index contributed by atoms with van der Waals surface area (Å²) in [5.74, 6) is 0.438. The number of carbonyl (C=O) groups is 1. The van der Waals surface area contributed by atoms with E-state index in [4.69, 9.17) is 22.1 Å². The Labute approximate surface area is 112 Å². The van der Waals surface area contributed by atoms with Crippen LogP contribution < -0.4 is 15.4 Å². The van der Waals surface area contributed by atoms with Gasteiger partial charge in [0.15, 0.2) is 0 Å². The first-order valence-electron chi connectivity index (χ1n) is 5.99. The second-order valence-corrected chi connectivity index (χ2v) is 4.94. The van der Waals surface area contributed by atoms with Crippen LogP contribution in [0.4, 0.5) is 5.69 Å². The highest BCUT2D eigenvalue weighted by Gasteiger charge is 2.25. The fraction of sp³-hybridized carbons (Fsp3) is 0.462. The number of hydrogen-bond acceptors (Lipinski definition) is 3. The van der Waals surface area contributed by atoms with Gasteiger partial charge in [0.25, 0.3) is 0 Å².